The Labute approximate surface area is 245 Å². The number of fused-ring (bicyclic) bond motifs is 1. The average molecular weight is 590 g/mol. The van der Waals surface area contributed by atoms with E-state index in [0.29, 0.717) is 22.9 Å². The fourth-order valence-corrected chi connectivity index (χ4v) is 5.77. The Morgan fingerprint density at radius 1 is 1.07 bits per heavy atom. The maximum absolute atomic E-state index is 13.4. The molecule has 42 heavy (non-hydrogen) atoms. The van der Waals surface area contributed by atoms with Gasteiger partial charge in [0.05, 0.1) is 10.7 Å². The monoisotopic (exact) mass is 589 g/mol. The summed E-state index contributed by atoms with van der Waals surface area (Å²) in [5.74, 6) is -0.269. The number of nitro benzene ring substituents is 1. The summed E-state index contributed by atoms with van der Waals surface area (Å²) in [6.45, 7) is -0.437. The van der Waals surface area contributed by atoms with Gasteiger partial charge in [-0.2, -0.15) is 0 Å². The third kappa shape index (κ3) is 6.36. The minimum Gasteiger partial charge on any atom is -0.484 e. The number of β-lactam (4-membered cyclic amide) rings is 1. The molecule has 1 fully saturated rings. The summed E-state index contributed by atoms with van der Waals surface area (Å²) in [5.41, 5.74) is 1.30. The summed E-state index contributed by atoms with van der Waals surface area (Å²) in [5, 5.41) is 13.1. The lowest BCUT2D eigenvalue weighted by atomic mass is 10.1. The average Bonchev–Trinajstić information content (AvgIpc) is 3.20. The quantitative estimate of drug-likeness (QED) is 0.172. The van der Waals surface area contributed by atoms with Crippen LogP contribution in [0.15, 0.2) is 89.9 Å². The number of aliphatic imine (C=N–C) groups is 1. The molecule has 13 heteroatoms. The topological polar surface area (TPSA) is 144 Å². The Balaban J connectivity index is 1.31. The number of amidine groups is 1. The number of anilines is 1. The molecule has 3 aromatic rings. The number of nitro groups is 1. The van der Waals surface area contributed by atoms with Crippen LogP contribution in [0.4, 0.5) is 11.4 Å². The van der Waals surface area contributed by atoms with E-state index >= 15 is 0 Å². The molecule has 5 rings (SSSR count). The van der Waals surface area contributed by atoms with Gasteiger partial charge < -0.3 is 19.7 Å². The molecule has 2 amide bonds. The van der Waals surface area contributed by atoms with Gasteiger partial charge in [-0.05, 0) is 42.0 Å². The number of thioether (sulfide) groups is 1. The first-order valence-corrected chi connectivity index (χ1v) is 14.0. The van der Waals surface area contributed by atoms with Gasteiger partial charge in [0.2, 0.25) is 6.17 Å². The van der Waals surface area contributed by atoms with Crippen molar-refractivity contribution in [2.24, 2.45) is 4.99 Å². The number of amides is 2. The van der Waals surface area contributed by atoms with Crippen molar-refractivity contribution in [2.75, 3.05) is 24.3 Å². The Bertz CT molecular complexity index is 1490. The van der Waals surface area contributed by atoms with Crippen LogP contribution in [0.3, 0.4) is 0 Å². The Kier molecular flexibility index (Phi) is 8.67. The molecular formula is C29H27N5O7S. The fourth-order valence-electron chi connectivity index (χ4n) is 4.43. The molecule has 0 saturated carbocycles. The molecule has 0 radical (unpaired) electrons. The number of carbonyl (C=O) groups excluding carboxylic acids is 3. The number of hydrogen-bond acceptors (Lipinski definition) is 10. The van der Waals surface area contributed by atoms with Gasteiger partial charge in [0.25, 0.3) is 17.5 Å². The predicted molar refractivity (Wildman–Crippen MR) is 156 cm³/mol. The lowest BCUT2D eigenvalue weighted by molar-refractivity contribution is -0.384. The largest absolute Gasteiger partial charge is 0.484 e. The van der Waals surface area contributed by atoms with E-state index in [2.05, 4.69) is 10.3 Å². The third-order valence-electron chi connectivity index (χ3n) is 6.70. The number of para-hydroxylation sites is 2. The molecule has 3 atom stereocenters. The van der Waals surface area contributed by atoms with Gasteiger partial charge in [0, 0.05) is 24.9 Å². The van der Waals surface area contributed by atoms with E-state index in [1.165, 1.54) is 40.9 Å². The van der Waals surface area contributed by atoms with E-state index in [1.807, 2.05) is 48.3 Å². The molecule has 0 aromatic heterocycles. The van der Waals surface area contributed by atoms with Crippen LogP contribution in [-0.2, 0) is 25.7 Å². The van der Waals surface area contributed by atoms with Crippen molar-refractivity contribution in [3.63, 3.8) is 0 Å². The normalized spacial score (nSPS) is 19.4. The number of nitrogens with zero attached hydrogens (tertiary/aromatic N) is 4. The lowest BCUT2D eigenvalue weighted by Crippen LogP contribution is -2.72. The zero-order valence-electron chi connectivity index (χ0n) is 22.5. The minimum absolute atomic E-state index is 0.0830. The molecule has 0 bridgehead atoms. The molecule has 2 aliphatic heterocycles. The highest BCUT2D eigenvalue weighted by atomic mass is 32.2. The first-order chi connectivity index (χ1) is 20.3. The zero-order valence-corrected chi connectivity index (χ0v) is 23.3. The maximum atomic E-state index is 13.4. The number of carbonyl (C=O) groups is 3. The highest BCUT2D eigenvalue weighted by Crippen LogP contribution is 2.36. The highest BCUT2D eigenvalue weighted by molar-refractivity contribution is 8.00. The Morgan fingerprint density at radius 2 is 1.74 bits per heavy atom. The molecule has 1 saturated heterocycles. The van der Waals surface area contributed by atoms with Gasteiger partial charge in [-0.3, -0.25) is 24.6 Å². The van der Waals surface area contributed by atoms with Crippen LogP contribution in [0, 0.1) is 10.1 Å². The van der Waals surface area contributed by atoms with Crippen molar-refractivity contribution in [1.82, 2.24) is 10.2 Å². The van der Waals surface area contributed by atoms with Gasteiger partial charge in [0.1, 0.15) is 29.6 Å². The van der Waals surface area contributed by atoms with Crippen LogP contribution < -0.4 is 15.0 Å². The van der Waals surface area contributed by atoms with Crippen molar-refractivity contribution < 1.29 is 28.8 Å². The first-order valence-electron chi connectivity index (χ1n) is 13.0. The summed E-state index contributed by atoms with van der Waals surface area (Å²) in [7, 11) is 1.82. The number of esters is 1. The van der Waals surface area contributed by atoms with Gasteiger partial charge in [-0.1, -0.05) is 36.4 Å². The molecule has 2 heterocycles. The fraction of sp³-hybridized carbons (Fsp3) is 0.241. The van der Waals surface area contributed by atoms with E-state index in [4.69, 9.17) is 9.47 Å². The Morgan fingerprint density at radius 3 is 2.40 bits per heavy atom. The second kappa shape index (κ2) is 12.7. The maximum Gasteiger partial charge on any atom is 0.352 e. The number of benzene rings is 3. The first kappa shape index (κ1) is 28.6. The second-order valence-electron chi connectivity index (χ2n) is 9.44. The summed E-state index contributed by atoms with van der Waals surface area (Å²) in [4.78, 5) is 57.5. The molecule has 3 aromatic carbocycles. The molecule has 2 unspecified atom stereocenters. The lowest BCUT2D eigenvalue weighted by Gasteiger charge is -2.47. The predicted octanol–water partition coefficient (Wildman–Crippen LogP) is 2.98. The van der Waals surface area contributed by atoms with E-state index in [0.717, 1.165) is 5.69 Å². The van der Waals surface area contributed by atoms with Crippen LogP contribution in [0.5, 0.6) is 5.75 Å². The highest BCUT2D eigenvalue weighted by Gasteiger charge is 2.55. The summed E-state index contributed by atoms with van der Waals surface area (Å²) in [6, 6.07) is 23.0. The number of ether oxygens (including phenoxy) is 2. The van der Waals surface area contributed by atoms with E-state index in [-0.39, 0.29) is 18.9 Å². The smallest absolute Gasteiger partial charge is 0.352 e. The van der Waals surface area contributed by atoms with Crippen molar-refractivity contribution in [2.45, 2.75) is 24.2 Å². The van der Waals surface area contributed by atoms with E-state index in [9.17, 15) is 24.5 Å². The van der Waals surface area contributed by atoms with E-state index < -0.39 is 40.3 Å². The van der Waals surface area contributed by atoms with Crippen molar-refractivity contribution in [1.29, 1.82) is 0 Å². The SMILES string of the molecule is CN(C1=N[C@@H](C(=O)OCc2ccc([N+](=O)[O-])cc2)N2C(=O)C(NC(=O)COc3ccccc3)C2SC1)c1ccccc1. The Hall–Kier alpha value is -4.91. The summed E-state index contributed by atoms with van der Waals surface area (Å²) >= 11 is 1.38. The van der Waals surface area contributed by atoms with Crippen LogP contribution in [0.2, 0.25) is 0 Å². The summed E-state index contributed by atoms with van der Waals surface area (Å²) in [6.07, 6.45) is -1.29. The minimum atomic E-state index is -1.29. The number of rotatable bonds is 9. The number of nitrogens with one attached hydrogen (secondary N) is 1. The van der Waals surface area contributed by atoms with E-state index in [1.54, 1.807) is 24.3 Å². The zero-order chi connectivity index (χ0) is 29.6. The van der Waals surface area contributed by atoms with Crippen LogP contribution in [0.25, 0.3) is 0 Å². The van der Waals surface area contributed by atoms with Crippen LogP contribution in [0.1, 0.15) is 5.56 Å². The van der Waals surface area contributed by atoms with Gasteiger partial charge >= 0.3 is 5.97 Å². The molecule has 1 N–H and O–H groups in total. The van der Waals surface area contributed by atoms with Crippen molar-refractivity contribution in [3.8, 4) is 5.75 Å². The summed E-state index contributed by atoms with van der Waals surface area (Å²) < 4.78 is 11.0. The number of non-ortho nitro benzene ring substituents is 1. The molecule has 0 aliphatic carbocycles. The van der Waals surface area contributed by atoms with Gasteiger partial charge in [-0.15, -0.1) is 11.8 Å². The molecule has 12 nitrogen and oxygen atoms in total. The molecular weight excluding hydrogens is 562 g/mol. The van der Waals surface area contributed by atoms with Crippen LogP contribution in [-0.4, -0.2) is 70.4 Å². The standard InChI is InChI=1S/C29H27N5O7S/c1-32(20-8-4-2-5-9-20)23-18-42-28-25(31-24(35)17-40-22-10-6-3-7-11-22)27(36)33(28)26(30-23)29(37)41-16-19-12-14-21(15-13-19)34(38)39/h2-15,25-26,28H,16-18H2,1H3,(H,31,35)/t25?,26-,28?/m1/s1. The van der Waals surface area contributed by atoms with Crippen molar-refractivity contribution >= 4 is 46.8 Å². The second-order valence-corrected chi connectivity index (χ2v) is 10.5. The molecule has 216 valence electrons. The van der Waals surface area contributed by atoms with Crippen LogP contribution >= 0.6 is 11.8 Å². The van der Waals surface area contributed by atoms with Crippen molar-refractivity contribution in [3.05, 3.63) is 101 Å². The third-order valence-corrected chi connectivity index (χ3v) is 7.96. The molecule has 2 aliphatic rings. The van der Waals surface area contributed by atoms with Gasteiger partial charge in [0.15, 0.2) is 6.61 Å². The van der Waals surface area contributed by atoms with Gasteiger partial charge in [-0.25, -0.2) is 9.79 Å². The number of hydrogen-bond donors (Lipinski definition) is 1. The molecule has 0 spiro atoms.